The van der Waals surface area contributed by atoms with Crippen LogP contribution in [-0.2, 0) is 18.4 Å². The molecule has 0 saturated carbocycles. The van der Waals surface area contributed by atoms with E-state index in [0.717, 1.165) is 38.5 Å². The molecule has 0 aliphatic rings. The molecule has 0 heterocycles. The van der Waals surface area contributed by atoms with E-state index in [9.17, 15) is 19.4 Å². The van der Waals surface area contributed by atoms with Crippen molar-refractivity contribution in [2.75, 3.05) is 40.9 Å². The molecule has 0 aliphatic heterocycles. The minimum Gasteiger partial charge on any atom is -0.756 e. The summed E-state index contributed by atoms with van der Waals surface area (Å²) in [7, 11) is 1.27. The van der Waals surface area contributed by atoms with E-state index in [4.69, 9.17) is 9.05 Å². The van der Waals surface area contributed by atoms with Crippen LogP contribution in [0.2, 0.25) is 0 Å². The van der Waals surface area contributed by atoms with Gasteiger partial charge >= 0.3 is 0 Å². The Labute approximate surface area is 310 Å². The van der Waals surface area contributed by atoms with Gasteiger partial charge < -0.3 is 28.8 Å². The Hall–Kier alpha value is -0.760. The highest BCUT2D eigenvalue weighted by molar-refractivity contribution is 7.45. The summed E-state index contributed by atoms with van der Waals surface area (Å²) in [6.07, 6.45) is 36.9. The second-order valence-electron chi connectivity index (χ2n) is 15.7. The standard InChI is InChI=1S/C41H83N2O6P/c1-6-8-10-12-14-16-17-18-19-20-21-22-23-24-25-27-29-31-33-35-41(45)42-39(38-49-50(46,47)48-37-36-43(3,4)5)40(44)34-32-30-28-26-15-13-11-9-7-2/h32,34,39-40,44H,6-31,33,35-38H2,1-5H3,(H-,42,45,46,47)/b34-32+. The van der Waals surface area contributed by atoms with Crippen LogP contribution >= 0.6 is 7.82 Å². The van der Waals surface area contributed by atoms with E-state index < -0.39 is 20.0 Å². The molecule has 3 unspecified atom stereocenters. The number of allylic oxidation sites excluding steroid dienone is 1. The Morgan fingerprint density at radius 2 is 1.08 bits per heavy atom. The molecule has 0 radical (unpaired) electrons. The van der Waals surface area contributed by atoms with Crippen molar-refractivity contribution in [3.8, 4) is 0 Å². The molecule has 0 aromatic heterocycles. The monoisotopic (exact) mass is 731 g/mol. The quantitative estimate of drug-likeness (QED) is 0.0283. The topological polar surface area (TPSA) is 108 Å². The van der Waals surface area contributed by atoms with Gasteiger partial charge in [-0.2, -0.15) is 0 Å². The van der Waals surface area contributed by atoms with Crippen LogP contribution in [0.3, 0.4) is 0 Å². The summed E-state index contributed by atoms with van der Waals surface area (Å²) < 4.78 is 23.1. The van der Waals surface area contributed by atoms with Crippen LogP contribution in [0, 0.1) is 0 Å². The Bertz CT molecular complexity index is 834. The van der Waals surface area contributed by atoms with Gasteiger partial charge in [0.1, 0.15) is 13.2 Å². The zero-order chi connectivity index (χ0) is 37.2. The predicted octanol–water partition coefficient (Wildman–Crippen LogP) is 10.6. The Kier molecular flexibility index (Phi) is 33.5. The molecular formula is C41H83N2O6P. The number of unbranched alkanes of at least 4 members (excludes halogenated alkanes) is 25. The maximum atomic E-state index is 12.8. The summed E-state index contributed by atoms with van der Waals surface area (Å²) >= 11 is 0. The third kappa shape index (κ3) is 35.6. The lowest BCUT2D eigenvalue weighted by Crippen LogP contribution is -2.45. The summed E-state index contributed by atoms with van der Waals surface area (Å²) in [6, 6.07) is -0.877. The maximum Gasteiger partial charge on any atom is 0.268 e. The molecule has 0 aliphatic carbocycles. The Morgan fingerprint density at radius 3 is 1.50 bits per heavy atom. The molecule has 0 saturated heterocycles. The third-order valence-electron chi connectivity index (χ3n) is 9.50. The third-order valence-corrected chi connectivity index (χ3v) is 10.5. The molecule has 3 atom stereocenters. The van der Waals surface area contributed by atoms with Gasteiger partial charge in [-0.1, -0.05) is 180 Å². The smallest absolute Gasteiger partial charge is 0.268 e. The van der Waals surface area contributed by atoms with Gasteiger partial charge in [-0.05, 0) is 19.3 Å². The minimum atomic E-state index is -4.57. The van der Waals surface area contributed by atoms with Crippen LogP contribution in [-0.4, -0.2) is 68.5 Å². The number of hydrogen-bond donors (Lipinski definition) is 2. The first-order chi connectivity index (χ1) is 24.0. The highest BCUT2D eigenvalue weighted by atomic mass is 31.2. The molecule has 0 rings (SSSR count). The fraction of sp³-hybridized carbons (Fsp3) is 0.927. The first kappa shape index (κ1) is 49.2. The van der Waals surface area contributed by atoms with Crippen LogP contribution in [0.25, 0.3) is 0 Å². The molecule has 298 valence electrons. The average molecular weight is 731 g/mol. The van der Waals surface area contributed by atoms with Crippen molar-refractivity contribution in [3.05, 3.63) is 12.2 Å². The van der Waals surface area contributed by atoms with Crippen molar-refractivity contribution in [2.24, 2.45) is 0 Å². The van der Waals surface area contributed by atoms with E-state index in [-0.39, 0.29) is 19.1 Å². The van der Waals surface area contributed by atoms with Crippen LogP contribution < -0.4 is 10.2 Å². The summed E-state index contributed by atoms with van der Waals surface area (Å²) in [5, 5.41) is 13.7. The second kappa shape index (κ2) is 34.0. The van der Waals surface area contributed by atoms with Crippen LogP contribution in [0.5, 0.6) is 0 Å². The number of quaternary nitrogens is 1. The molecule has 1 amide bonds. The fourth-order valence-corrected chi connectivity index (χ4v) is 6.82. The van der Waals surface area contributed by atoms with Crippen molar-refractivity contribution >= 4 is 13.7 Å². The number of likely N-dealkylation sites (N-methyl/N-ethyl adjacent to an activating group) is 1. The summed E-state index contributed by atoms with van der Waals surface area (Å²) in [4.78, 5) is 25.2. The first-order valence-corrected chi connectivity index (χ1v) is 22.5. The number of aliphatic hydroxyl groups excluding tert-OH is 1. The molecular weight excluding hydrogens is 647 g/mol. The van der Waals surface area contributed by atoms with E-state index in [2.05, 4.69) is 19.2 Å². The molecule has 0 aromatic rings. The van der Waals surface area contributed by atoms with Gasteiger partial charge in [0, 0.05) is 6.42 Å². The number of phosphoric acid groups is 1. The van der Waals surface area contributed by atoms with Crippen LogP contribution in [0.1, 0.15) is 194 Å². The van der Waals surface area contributed by atoms with Crippen molar-refractivity contribution in [1.29, 1.82) is 0 Å². The molecule has 0 fully saturated rings. The van der Waals surface area contributed by atoms with Gasteiger partial charge in [0.15, 0.2) is 0 Å². The number of nitrogens with one attached hydrogen (secondary N) is 1. The average Bonchev–Trinajstić information content (AvgIpc) is 3.06. The zero-order valence-corrected chi connectivity index (χ0v) is 34.5. The lowest BCUT2D eigenvalue weighted by molar-refractivity contribution is -0.870. The largest absolute Gasteiger partial charge is 0.756 e. The number of amides is 1. The summed E-state index contributed by atoms with van der Waals surface area (Å²) in [5.41, 5.74) is 0. The molecule has 8 nitrogen and oxygen atoms in total. The van der Waals surface area contributed by atoms with Gasteiger partial charge in [-0.25, -0.2) is 0 Å². The van der Waals surface area contributed by atoms with Crippen molar-refractivity contribution in [3.63, 3.8) is 0 Å². The van der Waals surface area contributed by atoms with Gasteiger partial charge in [-0.3, -0.25) is 9.36 Å². The number of phosphoric ester groups is 1. The van der Waals surface area contributed by atoms with Crippen LogP contribution in [0.4, 0.5) is 0 Å². The van der Waals surface area contributed by atoms with E-state index >= 15 is 0 Å². The molecule has 0 bridgehead atoms. The maximum absolute atomic E-state index is 12.8. The molecule has 0 aromatic carbocycles. The normalized spacial score (nSPS) is 14.6. The molecule has 0 spiro atoms. The van der Waals surface area contributed by atoms with Crippen molar-refractivity contribution in [1.82, 2.24) is 5.32 Å². The summed E-state index contributed by atoms with van der Waals surface area (Å²) in [5.74, 6) is -0.197. The summed E-state index contributed by atoms with van der Waals surface area (Å²) in [6.45, 7) is 4.62. The number of carbonyl (C=O) groups is 1. The number of hydrogen-bond acceptors (Lipinski definition) is 6. The van der Waals surface area contributed by atoms with E-state index in [1.807, 2.05) is 27.2 Å². The lowest BCUT2D eigenvalue weighted by atomic mass is 10.0. The Morgan fingerprint density at radius 1 is 0.680 bits per heavy atom. The first-order valence-electron chi connectivity index (χ1n) is 21.1. The molecule has 9 heteroatoms. The SMILES string of the molecule is CCCCCCCCC/C=C/C(O)C(COP(=O)([O-])OCC[N+](C)(C)C)NC(=O)CCCCCCCCCCCCCCCCCCCCC. The van der Waals surface area contributed by atoms with E-state index in [1.165, 1.54) is 135 Å². The number of nitrogens with zero attached hydrogens (tertiary/aromatic N) is 1. The predicted molar refractivity (Wildman–Crippen MR) is 210 cm³/mol. The van der Waals surface area contributed by atoms with Crippen LogP contribution in [0.15, 0.2) is 12.2 Å². The van der Waals surface area contributed by atoms with Crippen molar-refractivity contribution < 1.29 is 32.9 Å². The second-order valence-corrected chi connectivity index (χ2v) is 17.1. The lowest BCUT2D eigenvalue weighted by Gasteiger charge is -2.29. The van der Waals surface area contributed by atoms with Gasteiger partial charge in [0.2, 0.25) is 5.91 Å². The zero-order valence-electron chi connectivity index (χ0n) is 33.6. The minimum absolute atomic E-state index is 0.00159. The number of carbonyl (C=O) groups excluding carboxylic acids is 1. The van der Waals surface area contributed by atoms with E-state index in [1.54, 1.807) is 6.08 Å². The molecule has 2 N–H and O–H groups in total. The fourth-order valence-electron chi connectivity index (χ4n) is 6.09. The van der Waals surface area contributed by atoms with Gasteiger partial charge in [0.25, 0.3) is 7.82 Å². The number of rotatable bonds is 38. The van der Waals surface area contributed by atoms with Gasteiger partial charge in [0.05, 0.1) is 39.9 Å². The van der Waals surface area contributed by atoms with E-state index in [0.29, 0.717) is 17.4 Å². The van der Waals surface area contributed by atoms with Crippen molar-refractivity contribution in [2.45, 2.75) is 206 Å². The van der Waals surface area contributed by atoms with Gasteiger partial charge in [-0.15, -0.1) is 0 Å². The highest BCUT2D eigenvalue weighted by Gasteiger charge is 2.23. The Balaban J connectivity index is 4.29. The molecule has 50 heavy (non-hydrogen) atoms. The number of aliphatic hydroxyl groups is 1. The highest BCUT2D eigenvalue weighted by Crippen LogP contribution is 2.38.